The average molecular weight is 401 g/mol. The third-order valence-corrected chi connectivity index (χ3v) is 5.15. The summed E-state index contributed by atoms with van der Waals surface area (Å²) in [6.45, 7) is 6.85. The van der Waals surface area contributed by atoms with Crippen molar-refractivity contribution >= 4 is 46.4 Å². The summed E-state index contributed by atoms with van der Waals surface area (Å²) in [7, 11) is 0. The van der Waals surface area contributed by atoms with Gasteiger partial charge in [-0.3, -0.25) is 4.79 Å². The Bertz CT molecular complexity index is 807. The van der Waals surface area contributed by atoms with Crippen LogP contribution < -0.4 is 5.32 Å². The van der Waals surface area contributed by atoms with Crippen LogP contribution in [0.2, 0.25) is 10.0 Å². The van der Waals surface area contributed by atoms with Crippen molar-refractivity contribution in [1.29, 1.82) is 0 Å². The number of nitrogens with one attached hydrogen (secondary N) is 1. The summed E-state index contributed by atoms with van der Waals surface area (Å²) in [5.74, 6) is -0.964. The Morgan fingerprint density at radius 2 is 1.92 bits per heavy atom. The largest absolute Gasteiger partial charge is 0.448 e. The lowest BCUT2D eigenvalue weighted by atomic mass is 10.1. The van der Waals surface area contributed by atoms with Crippen molar-refractivity contribution < 1.29 is 14.3 Å². The zero-order valence-corrected chi connectivity index (χ0v) is 16.6. The summed E-state index contributed by atoms with van der Waals surface area (Å²) >= 11 is 13.3. The van der Waals surface area contributed by atoms with Gasteiger partial charge in [-0.05, 0) is 45.4 Å². The first-order valence-electron chi connectivity index (χ1n) is 7.59. The second-order valence-electron chi connectivity index (χ2n) is 5.59. The monoisotopic (exact) mass is 400 g/mol. The van der Waals surface area contributed by atoms with Crippen LogP contribution >= 0.6 is 34.5 Å². The van der Waals surface area contributed by atoms with Crippen molar-refractivity contribution in [1.82, 2.24) is 10.3 Å². The molecule has 134 valence electrons. The molecular weight excluding hydrogens is 383 g/mol. The number of carbonyl (C=O) groups is 2. The van der Waals surface area contributed by atoms with Gasteiger partial charge < -0.3 is 10.1 Å². The normalized spacial score (nSPS) is 13.2. The van der Waals surface area contributed by atoms with Crippen LogP contribution in [0.5, 0.6) is 0 Å². The minimum absolute atomic E-state index is 0.356. The summed E-state index contributed by atoms with van der Waals surface area (Å²) in [5, 5.41) is 4.53. The SMILES string of the molecule is Cc1nc(C)c(C(=O)O[C@H](C)C(=O)N[C@H](C)c2ccc(Cl)cc2Cl)s1. The molecule has 1 heterocycles. The van der Waals surface area contributed by atoms with E-state index in [-0.39, 0.29) is 6.04 Å². The number of nitrogens with zero attached hydrogens (tertiary/aromatic N) is 1. The van der Waals surface area contributed by atoms with E-state index < -0.39 is 18.0 Å². The maximum Gasteiger partial charge on any atom is 0.351 e. The molecule has 0 aliphatic heterocycles. The van der Waals surface area contributed by atoms with Crippen LogP contribution in [-0.2, 0) is 9.53 Å². The molecule has 0 fully saturated rings. The van der Waals surface area contributed by atoms with E-state index in [0.29, 0.717) is 20.6 Å². The first-order chi connectivity index (χ1) is 11.7. The van der Waals surface area contributed by atoms with Crippen LogP contribution in [0.15, 0.2) is 18.2 Å². The molecule has 0 aliphatic carbocycles. The second kappa shape index (κ2) is 8.17. The Kier molecular flexibility index (Phi) is 6.43. The first kappa shape index (κ1) is 19.7. The maximum atomic E-state index is 12.3. The summed E-state index contributed by atoms with van der Waals surface area (Å²) in [6, 6.07) is 4.70. The lowest BCUT2D eigenvalue weighted by Gasteiger charge is -2.19. The Morgan fingerprint density at radius 1 is 1.24 bits per heavy atom. The van der Waals surface area contributed by atoms with Gasteiger partial charge in [0.1, 0.15) is 4.88 Å². The summed E-state index contributed by atoms with van der Waals surface area (Å²) < 4.78 is 5.24. The van der Waals surface area contributed by atoms with Crippen LogP contribution in [0.3, 0.4) is 0 Å². The van der Waals surface area contributed by atoms with Gasteiger partial charge in [-0.2, -0.15) is 0 Å². The van der Waals surface area contributed by atoms with E-state index in [4.69, 9.17) is 27.9 Å². The molecule has 8 heteroatoms. The van der Waals surface area contributed by atoms with Gasteiger partial charge in [0.2, 0.25) is 0 Å². The highest BCUT2D eigenvalue weighted by Gasteiger charge is 2.24. The molecule has 25 heavy (non-hydrogen) atoms. The molecule has 5 nitrogen and oxygen atoms in total. The Hall–Kier alpha value is -1.63. The molecule has 1 aromatic heterocycles. The van der Waals surface area contributed by atoms with Gasteiger partial charge in [-0.25, -0.2) is 9.78 Å². The van der Waals surface area contributed by atoms with E-state index in [2.05, 4.69) is 10.3 Å². The number of amides is 1. The van der Waals surface area contributed by atoms with Gasteiger partial charge in [0.15, 0.2) is 6.10 Å². The highest BCUT2D eigenvalue weighted by atomic mass is 35.5. The molecular formula is C17H18Cl2N2O3S. The molecule has 0 spiro atoms. The summed E-state index contributed by atoms with van der Waals surface area (Å²) in [5.41, 5.74) is 1.33. The van der Waals surface area contributed by atoms with Crippen molar-refractivity contribution in [2.24, 2.45) is 0 Å². The fourth-order valence-corrected chi connectivity index (χ4v) is 3.62. The smallest absolute Gasteiger partial charge is 0.351 e. The van der Waals surface area contributed by atoms with Crippen molar-refractivity contribution in [3.63, 3.8) is 0 Å². The topological polar surface area (TPSA) is 68.3 Å². The van der Waals surface area contributed by atoms with E-state index in [1.165, 1.54) is 18.3 Å². The molecule has 0 radical (unpaired) electrons. The number of benzene rings is 1. The van der Waals surface area contributed by atoms with Crippen molar-refractivity contribution in [2.75, 3.05) is 0 Å². The first-order valence-corrected chi connectivity index (χ1v) is 9.16. The number of halogens is 2. The molecule has 0 aliphatic rings. The van der Waals surface area contributed by atoms with Crippen LogP contribution in [0, 0.1) is 13.8 Å². The average Bonchev–Trinajstić information content (AvgIpc) is 2.85. The van der Waals surface area contributed by atoms with Gasteiger partial charge in [-0.1, -0.05) is 29.3 Å². The number of thiazole rings is 1. The van der Waals surface area contributed by atoms with Gasteiger partial charge in [0, 0.05) is 10.0 Å². The van der Waals surface area contributed by atoms with E-state index in [1.54, 1.807) is 32.0 Å². The predicted molar refractivity (Wildman–Crippen MR) is 99.5 cm³/mol. The number of aromatic nitrogens is 1. The quantitative estimate of drug-likeness (QED) is 0.750. The number of carbonyl (C=O) groups excluding carboxylic acids is 2. The summed E-state index contributed by atoms with van der Waals surface area (Å²) in [6.07, 6.45) is -0.942. The van der Waals surface area contributed by atoms with Crippen molar-refractivity contribution in [3.05, 3.63) is 49.4 Å². The van der Waals surface area contributed by atoms with Gasteiger partial charge in [-0.15, -0.1) is 11.3 Å². The zero-order chi connectivity index (χ0) is 18.7. The van der Waals surface area contributed by atoms with Gasteiger partial charge >= 0.3 is 5.97 Å². The Labute approximate surface area is 160 Å². The molecule has 0 bridgehead atoms. The Balaban J connectivity index is 2.00. The molecule has 1 amide bonds. The lowest BCUT2D eigenvalue weighted by Crippen LogP contribution is -2.37. The van der Waals surface area contributed by atoms with Crippen molar-refractivity contribution in [2.45, 2.75) is 39.8 Å². The molecule has 2 aromatic rings. The minimum Gasteiger partial charge on any atom is -0.448 e. The number of ether oxygens (including phenoxy) is 1. The second-order valence-corrected chi connectivity index (χ2v) is 7.64. The van der Waals surface area contributed by atoms with Crippen LogP contribution in [0.1, 0.15) is 45.8 Å². The third-order valence-electron chi connectivity index (χ3n) is 3.53. The van der Waals surface area contributed by atoms with Crippen LogP contribution in [0.4, 0.5) is 0 Å². The van der Waals surface area contributed by atoms with Crippen molar-refractivity contribution in [3.8, 4) is 0 Å². The fraction of sp³-hybridized carbons (Fsp3) is 0.353. The lowest BCUT2D eigenvalue weighted by molar-refractivity contribution is -0.129. The van der Waals surface area contributed by atoms with Crippen LogP contribution in [0.25, 0.3) is 0 Å². The highest BCUT2D eigenvalue weighted by Crippen LogP contribution is 2.26. The number of aryl methyl sites for hydroxylation is 2. The van der Waals surface area contributed by atoms with Gasteiger partial charge in [0.25, 0.3) is 5.91 Å². The number of hydrogen-bond donors (Lipinski definition) is 1. The molecule has 2 atom stereocenters. The number of esters is 1. The molecule has 0 saturated heterocycles. The standard InChI is InChI=1S/C17H18Cl2N2O3S/c1-8(13-6-5-12(18)7-14(13)19)21-16(22)10(3)24-17(23)15-9(2)20-11(4)25-15/h5-8,10H,1-4H3,(H,21,22)/t8-,10-/m1/s1. The molecule has 1 aromatic carbocycles. The fourth-order valence-electron chi connectivity index (χ4n) is 2.25. The molecule has 1 N–H and O–H groups in total. The molecule has 2 rings (SSSR count). The third kappa shape index (κ3) is 4.93. The van der Waals surface area contributed by atoms with E-state index in [9.17, 15) is 9.59 Å². The van der Waals surface area contributed by atoms with E-state index in [1.807, 2.05) is 6.92 Å². The highest BCUT2D eigenvalue weighted by molar-refractivity contribution is 7.13. The zero-order valence-electron chi connectivity index (χ0n) is 14.2. The Morgan fingerprint density at radius 3 is 2.48 bits per heavy atom. The van der Waals surface area contributed by atoms with Crippen LogP contribution in [-0.4, -0.2) is 23.0 Å². The molecule has 0 unspecified atom stereocenters. The van der Waals surface area contributed by atoms with E-state index >= 15 is 0 Å². The van der Waals surface area contributed by atoms with E-state index in [0.717, 1.165) is 10.6 Å². The minimum atomic E-state index is -0.942. The van der Waals surface area contributed by atoms with Gasteiger partial charge in [0.05, 0.1) is 16.7 Å². The maximum absolute atomic E-state index is 12.3. The number of hydrogen-bond acceptors (Lipinski definition) is 5. The summed E-state index contributed by atoms with van der Waals surface area (Å²) in [4.78, 5) is 29.1. The molecule has 0 saturated carbocycles. The predicted octanol–water partition coefficient (Wildman–Crippen LogP) is 4.49. The number of rotatable bonds is 5.